The second kappa shape index (κ2) is 6.34. The number of methoxy groups -OCH3 is 1. The minimum atomic E-state index is -0.823. The maximum absolute atomic E-state index is 12.8. The number of likely N-dealkylation sites (tertiary alicyclic amines) is 1. The molecule has 5 nitrogen and oxygen atoms in total. The first-order valence-electron chi connectivity index (χ1n) is 7.97. The Morgan fingerprint density at radius 3 is 2.57 bits per heavy atom. The van der Waals surface area contributed by atoms with Gasteiger partial charge in [0, 0.05) is 20.2 Å². The number of ether oxygens (including phenoxy) is 1. The highest BCUT2D eigenvalue weighted by molar-refractivity contribution is 5.85. The van der Waals surface area contributed by atoms with Gasteiger partial charge < -0.3 is 14.7 Å². The molecule has 1 N–H and O–H groups in total. The summed E-state index contributed by atoms with van der Waals surface area (Å²) in [4.78, 5) is 26.1. The number of nitrogens with zero attached hydrogens (tertiary/aromatic N) is 1. The molecular weight excluding hydrogens is 270 g/mol. The minimum Gasteiger partial charge on any atom is -0.481 e. The molecule has 4 unspecified atom stereocenters. The van der Waals surface area contributed by atoms with Gasteiger partial charge in [-0.2, -0.15) is 0 Å². The predicted octanol–water partition coefficient (Wildman–Crippen LogP) is 2.15. The fourth-order valence-electron chi connectivity index (χ4n) is 3.82. The van der Waals surface area contributed by atoms with E-state index in [1.54, 1.807) is 7.11 Å². The molecule has 0 radical (unpaired) electrons. The van der Waals surface area contributed by atoms with Gasteiger partial charge in [-0.3, -0.25) is 9.59 Å². The van der Waals surface area contributed by atoms with Crippen molar-refractivity contribution in [2.45, 2.75) is 51.6 Å². The van der Waals surface area contributed by atoms with E-state index in [4.69, 9.17) is 4.74 Å². The molecule has 1 aliphatic carbocycles. The Kier molecular flexibility index (Phi) is 4.91. The van der Waals surface area contributed by atoms with Crippen LogP contribution in [0.4, 0.5) is 0 Å². The fourth-order valence-corrected chi connectivity index (χ4v) is 3.82. The van der Waals surface area contributed by atoms with Crippen LogP contribution in [0.1, 0.15) is 46.0 Å². The molecule has 5 heteroatoms. The minimum absolute atomic E-state index is 0.0151. The van der Waals surface area contributed by atoms with E-state index < -0.39 is 11.9 Å². The van der Waals surface area contributed by atoms with Crippen LogP contribution in [0, 0.1) is 17.8 Å². The van der Waals surface area contributed by atoms with E-state index >= 15 is 0 Å². The van der Waals surface area contributed by atoms with Crippen LogP contribution in [0.25, 0.3) is 0 Å². The smallest absolute Gasteiger partial charge is 0.307 e. The number of carboxylic acids is 1. The van der Waals surface area contributed by atoms with Gasteiger partial charge in [0.1, 0.15) is 0 Å². The monoisotopic (exact) mass is 297 g/mol. The van der Waals surface area contributed by atoms with E-state index in [9.17, 15) is 14.7 Å². The summed E-state index contributed by atoms with van der Waals surface area (Å²) >= 11 is 0. The lowest BCUT2D eigenvalue weighted by Crippen LogP contribution is -2.51. The summed E-state index contributed by atoms with van der Waals surface area (Å²) in [6.07, 6.45) is 4.16. The third kappa shape index (κ3) is 3.39. The SMILES string of the molecule is CCC1CC(C(=O)O)C(C(=O)N2CCCC(C)(OC)C2)C1. The van der Waals surface area contributed by atoms with Crippen LogP contribution in [-0.2, 0) is 14.3 Å². The van der Waals surface area contributed by atoms with Gasteiger partial charge >= 0.3 is 5.97 Å². The first kappa shape index (κ1) is 16.3. The van der Waals surface area contributed by atoms with Crippen molar-refractivity contribution < 1.29 is 19.4 Å². The number of aliphatic carboxylic acids is 1. The topological polar surface area (TPSA) is 66.8 Å². The number of amides is 1. The standard InChI is InChI=1S/C16H27NO4/c1-4-11-8-12(13(9-11)15(19)20)14(18)17-7-5-6-16(2,10-17)21-3/h11-13H,4-10H2,1-3H3,(H,19,20). The Hall–Kier alpha value is -1.10. The highest BCUT2D eigenvalue weighted by atomic mass is 16.5. The highest BCUT2D eigenvalue weighted by Gasteiger charge is 2.45. The molecule has 2 rings (SSSR count). The molecule has 0 aromatic rings. The molecule has 1 saturated carbocycles. The summed E-state index contributed by atoms with van der Waals surface area (Å²) in [5.74, 6) is -1.32. The molecule has 1 saturated heterocycles. The molecule has 1 amide bonds. The lowest BCUT2D eigenvalue weighted by molar-refractivity contribution is -0.152. The van der Waals surface area contributed by atoms with Crippen molar-refractivity contribution in [1.29, 1.82) is 0 Å². The average molecular weight is 297 g/mol. The van der Waals surface area contributed by atoms with Crippen molar-refractivity contribution >= 4 is 11.9 Å². The molecule has 2 aliphatic rings. The predicted molar refractivity (Wildman–Crippen MR) is 78.9 cm³/mol. The van der Waals surface area contributed by atoms with Crippen molar-refractivity contribution in [3.05, 3.63) is 0 Å². The van der Waals surface area contributed by atoms with Crippen LogP contribution in [0.15, 0.2) is 0 Å². The second-order valence-corrected chi connectivity index (χ2v) is 6.81. The zero-order chi connectivity index (χ0) is 15.6. The zero-order valence-electron chi connectivity index (χ0n) is 13.3. The fraction of sp³-hybridized carbons (Fsp3) is 0.875. The van der Waals surface area contributed by atoms with Gasteiger partial charge in [-0.25, -0.2) is 0 Å². The normalized spacial score (nSPS) is 36.7. The number of hydrogen-bond donors (Lipinski definition) is 1. The van der Waals surface area contributed by atoms with Gasteiger partial charge in [-0.05, 0) is 38.5 Å². The van der Waals surface area contributed by atoms with Crippen molar-refractivity contribution in [1.82, 2.24) is 4.90 Å². The molecule has 0 spiro atoms. The number of carbonyl (C=O) groups excluding carboxylic acids is 1. The average Bonchev–Trinajstić information content (AvgIpc) is 2.91. The maximum atomic E-state index is 12.8. The van der Waals surface area contributed by atoms with Crippen molar-refractivity contribution in [3.8, 4) is 0 Å². The lowest BCUT2D eigenvalue weighted by atomic mass is 9.90. The van der Waals surface area contributed by atoms with E-state index in [1.807, 2.05) is 11.8 Å². The molecule has 4 atom stereocenters. The lowest BCUT2D eigenvalue weighted by Gasteiger charge is -2.40. The number of piperidine rings is 1. The van der Waals surface area contributed by atoms with Crippen LogP contribution < -0.4 is 0 Å². The first-order valence-corrected chi connectivity index (χ1v) is 7.97. The zero-order valence-corrected chi connectivity index (χ0v) is 13.3. The van der Waals surface area contributed by atoms with Gasteiger partial charge in [0.05, 0.1) is 17.4 Å². The Morgan fingerprint density at radius 2 is 2.00 bits per heavy atom. The molecule has 0 aromatic heterocycles. The van der Waals surface area contributed by atoms with Crippen LogP contribution in [0.2, 0.25) is 0 Å². The highest BCUT2D eigenvalue weighted by Crippen LogP contribution is 2.40. The summed E-state index contributed by atoms with van der Waals surface area (Å²) in [7, 11) is 1.68. The van der Waals surface area contributed by atoms with Crippen LogP contribution in [0.3, 0.4) is 0 Å². The molecular formula is C16H27NO4. The quantitative estimate of drug-likeness (QED) is 0.863. The van der Waals surface area contributed by atoms with Gasteiger partial charge in [-0.15, -0.1) is 0 Å². The molecule has 1 heterocycles. The first-order chi connectivity index (χ1) is 9.90. The van der Waals surface area contributed by atoms with Gasteiger partial charge in [-0.1, -0.05) is 13.3 Å². The summed E-state index contributed by atoms with van der Waals surface area (Å²) in [5.41, 5.74) is -0.296. The van der Waals surface area contributed by atoms with Gasteiger partial charge in [0.25, 0.3) is 0 Å². The second-order valence-electron chi connectivity index (χ2n) is 6.81. The Morgan fingerprint density at radius 1 is 1.33 bits per heavy atom. The molecule has 1 aliphatic heterocycles. The van der Waals surface area contributed by atoms with Gasteiger partial charge in [0.15, 0.2) is 0 Å². The molecule has 120 valence electrons. The van der Waals surface area contributed by atoms with E-state index in [-0.39, 0.29) is 17.4 Å². The largest absolute Gasteiger partial charge is 0.481 e. The molecule has 0 bridgehead atoms. The van der Waals surface area contributed by atoms with E-state index in [2.05, 4.69) is 6.92 Å². The summed E-state index contributed by atoms with van der Waals surface area (Å²) < 4.78 is 5.53. The summed E-state index contributed by atoms with van der Waals surface area (Å²) in [6, 6.07) is 0. The number of hydrogen-bond acceptors (Lipinski definition) is 3. The third-order valence-electron chi connectivity index (χ3n) is 5.34. The van der Waals surface area contributed by atoms with Crippen molar-refractivity contribution in [2.75, 3.05) is 20.2 Å². The molecule has 2 fully saturated rings. The Bertz CT molecular complexity index is 411. The van der Waals surface area contributed by atoms with E-state index in [0.717, 1.165) is 25.8 Å². The van der Waals surface area contributed by atoms with E-state index in [1.165, 1.54) is 0 Å². The third-order valence-corrected chi connectivity index (χ3v) is 5.34. The van der Waals surface area contributed by atoms with Crippen LogP contribution in [-0.4, -0.2) is 47.7 Å². The molecule has 21 heavy (non-hydrogen) atoms. The Labute approximate surface area is 126 Å². The number of rotatable bonds is 4. The summed E-state index contributed by atoms with van der Waals surface area (Å²) in [6.45, 7) is 5.38. The van der Waals surface area contributed by atoms with Crippen LogP contribution in [0.5, 0.6) is 0 Å². The Balaban J connectivity index is 2.09. The van der Waals surface area contributed by atoms with Crippen molar-refractivity contribution in [3.63, 3.8) is 0 Å². The maximum Gasteiger partial charge on any atom is 0.307 e. The molecule has 0 aromatic carbocycles. The number of carbonyl (C=O) groups is 2. The van der Waals surface area contributed by atoms with Gasteiger partial charge in [0.2, 0.25) is 5.91 Å². The van der Waals surface area contributed by atoms with Crippen molar-refractivity contribution in [2.24, 2.45) is 17.8 Å². The van der Waals surface area contributed by atoms with E-state index in [0.29, 0.717) is 25.3 Å². The summed E-state index contributed by atoms with van der Waals surface area (Å²) in [5, 5.41) is 9.40. The number of carboxylic acid groups (broad SMARTS) is 1. The van der Waals surface area contributed by atoms with Crippen LogP contribution >= 0.6 is 0 Å².